The van der Waals surface area contributed by atoms with Crippen LogP contribution < -0.4 is 5.32 Å². The summed E-state index contributed by atoms with van der Waals surface area (Å²) in [6.45, 7) is 1.74. The number of nitrogens with zero attached hydrogens (tertiary/aromatic N) is 2. The van der Waals surface area contributed by atoms with E-state index >= 15 is 0 Å². The molecule has 2 fully saturated rings. The van der Waals surface area contributed by atoms with Gasteiger partial charge in [-0.05, 0) is 60.9 Å². The van der Waals surface area contributed by atoms with E-state index in [0.29, 0.717) is 24.4 Å². The first-order valence-corrected chi connectivity index (χ1v) is 13.5. The molecular weight excluding hydrogens is 542 g/mol. The smallest absolute Gasteiger partial charge is 0.293 e. The Kier molecular flexibility index (Phi) is 7.59. The molecule has 3 aromatic rings. The molecule has 0 spiro atoms. The molecule has 2 aromatic carbocycles. The van der Waals surface area contributed by atoms with Crippen molar-refractivity contribution in [3.05, 3.63) is 75.2 Å². The lowest BCUT2D eigenvalue weighted by Gasteiger charge is -2.12. The lowest BCUT2D eigenvalue weighted by atomic mass is 10.1. The summed E-state index contributed by atoms with van der Waals surface area (Å²) >= 11 is 4.47. The summed E-state index contributed by atoms with van der Waals surface area (Å²) in [6.07, 6.45) is 6.30. The number of ether oxygens (including phenoxy) is 1. The second-order valence-electron chi connectivity index (χ2n) is 8.88. The van der Waals surface area contributed by atoms with Gasteiger partial charge in [0.25, 0.3) is 11.1 Å². The van der Waals surface area contributed by atoms with E-state index in [1.54, 1.807) is 6.08 Å². The number of nitrogens with one attached hydrogen (secondary N) is 1. The standard InChI is InChI=1S/C27H26BrN3O4S/c28-20-8-9-23-22(14-20)19(16-30(23)17-25(32)29-15-21-7-4-12-35-21)13-24-26(33)31(27(34)36-24)11-10-18-5-2-1-3-6-18/h1-3,5-6,8-9,13-14,16,21H,4,7,10-12,15,17H2,(H,29,32)/b24-13-/t21-/m0/s1. The molecule has 1 atom stereocenters. The lowest BCUT2D eigenvalue weighted by molar-refractivity contribution is -0.123. The van der Waals surface area contributed by atoms with Gasteiger partial charge in [0.05, 0.1) is 11.0 Å². The highest BCUT2D eigenvalue weighted by atomic mass is 79.9. The fourth-order valence-electron chi connectivity index (χ4n) is 4.51. The molecule has 0 unspecified atom stereocenters. The molecule has 3 heterocycles. The van der Waals surface area contributed by atoms with Gasteiger partial charge in [-0.3, -0.25) is 19.3 Å². The van der Waals surface area contributed by atoms with Crippen LogP contribution in [0.15, 0.2) is 64.1 Å². The number of hydrogen-bond acceptors (Lipinski definition) is 5. The fraction of sp³-hybridized carbons (Fsp3) is 0.296. The summed E-state index contributed by atoms with van der Waals surface area (Å²) in [5.41, 5.74) is 2.73. The van der Waals surface area contributed by atoms with Crippen LogP contribution in [0.2, 0.25) is 0 Å². The molecule has 36 heavy (non-hydrogen) atoms. The maximum atomic E-state index is 13.1. The van der Waals surface area contributed by atoms with Crippen molar-refractivity contribution in [1.29, 1.82) is 0 Å². The first-order chi connectivity index (χ1) is 17.5. The molecule has 9 heteroatoms. The summed E-state index contributed by atoms with van der Waals surface area (Å²) in [6, 6.07) is 15.6. The first-order valence-electron chi connectivity index (χ1n) is 11.9. The Hall–Kier alpha value is -2.88. The maximum Gasteiger partial charge on any atom is 0.293 e. The van der Waals surface area contributed by atoms with Gasteiger partial charge in [0.2, 0.25) is 5.91 Å². The predicted molar refractivity (Wildman–Crippen MR) is 144 cm³/mol. The van der Waals surface area contributed by atoms with Crippen LogP contribution >= 0.6 is 27.7 Å². The van der Waals surface area contributed by atoms with Crippen molar-refractivity contribution < 1.29 is 19.1 Å². The zero-order valence-electron chi connectivity index (χ0n) is 19.6. The van der Waals surface area contributed by atoms with E-state index in [1.807, 2.05) is 59.3 Å². The molecule has 0 aliphatic carbocycles. The van der Waals surface area contributed by atoms with E-state index in [9.17, 15) is 14.4 Å². The van der Waals surface area contributed by atoms with Crippen molar-refractivity contribution in [2.45, 2.75) is 31.9 Å². The summed E-state index contributed by atoms with van der Waals surface area (Å²) < 4.78 is 8.35. The lowest BCUT2D eigenvalue weighted by Crippen LogP contribution is -2.34. The minimum Gasteiger partial charge on any atom is -0.376 e. The Morgan fingerprint density at radius 1 is 1.19 bits per heavy atom. The molecular formula is C27H26BrN3O4S. The van der Waals surface area contributed by atoms with Crippen LogP contribution in [0.5, 0.6) is 0 Å². The Balaban J connectivity index is 1.34. The second kappa shape index (κ2) is 11.0. The minimum absolute atomic E-state index is 0.0828. The molecule has 7 nitrogen and oxygen atoms in total. The molecule has 1 aromatic heterocycles. The van der Waals surface area contributed by atoms with Crippen LogP contribution in [-0.2, 0) is 27.3 Å². The van der Waals surface area contributed by atoms with Gasteiger partial charge < -0.3 is 14.6 Å². The molecule has 2 saturated heterocycles. The van der Waals surface area contributed by atoms with E-state index in [0.717, 1.165) is 57.7 Å². The quantitative estimate of drug-likeness (QED) is 0.388. The van der Waals surface area contributed by atoms with Crippen LogP contribution in [0, 0.1) is 0 Å². The van der Waals surface area contributed by atoms with Crippen LogP contribution in [0.1, 0.15) is 24.0 Å². The average Bonchev–Trinajstić information content (AvgIpc) is 3.57. The number of aromatic nitrogens is 1. The summed E-state index contributed by atoms with van der Waals surface area (Å²) in [5, 5.41) is 3.59. The predicted octanol–water partition coefficient (Wildman–Crippen LogP) is 4.98. The number of benzene rings is 2. The number of thioether (sulfide) groups is 1. The number of fused-ring (bicyclic) bond motifs is 1. The number of carbonyl (C=O) groups is 3. The number of amides is 3. The molecule has 2 aliphatic heterocycles. The minimum atomic E-state index is -0.286. The zero-order valence-corrected chi connectivity index (χ0v) is 22.0. The SMILES string of the molecule is O=C(Cn1cc(/C=C2\SC(=O)N(CCc3ccccc3)C2=O)c2cc(Br)ccc21)NC[C@@H]1CCCO1. The third-order valence-electron chi connectivity index (χ3n) is 6.37. The van der Waals surface area contributed by atoms with E-state index in [-0.39, 0.29) is 29.7 Å². The Morgan fingerprint density at radius 2 is 2.03 bits per heavy atom. The normalized spacial score (nSPS) is 19.1. The highest BCUT2D eigenvalue weighted by Gasteiger charge is 2.34. The summed E-state index contributed by atoms with van der Waals surface area (Å²) in [4.78, 5) is 40.0. The van der Waals surface area contributed by atoms with Crippen LogP contribution in [-0.4, -0.2) is 52.3 Å². The van der Waals surface area contributed by atoms with Gasteiger partial charge in [-0.15, -0.1) is 0 Å². The zero-order chi connectivity index (χ0) is 25.1. The van der Waals surface area contributed by atoms with Crippen molar-refractivity contribution in [3.8, 4) is 0 Å². The van der Waals surface area contributed by atoms with E-state index in [4.69, 9.17) is 4.74 Å². The maximum absolute atomic E-state index is 13.1. The van der Waals surface area contributed by atoms with E-state index < -0.39 is 0 Å². The third kappa shape index (κ3) is 5.58. The van der Waals surface area contributed by atoms with Crippen LogP contribution in [0.4, 0.5) is 4.79 Å². The van der Waals surface area contributed by atoms with Crippen molar-refractivity contribution in [1.82, 2.24) is 14.8 Å². The van der Waals surface area contributed by atoms with Gasteiger partial charge in [-0.2, -0.15) is 0 Å². The van der Waals surface area contributed by atoms with Gasteiger partial charge in [0.15, 0.2) is 0 Å². The van der Waals surface area contributed by atoms with Gasteiger partial charge in [0.1, 0.15) is 6.54 Å². The van der Waals surface area contributed by atoms with Crippen molar-refractivity contribution in [3.63, 3.8) is 0 Å². The van der Waals surface area contributed by atoms with Crippen LogP contribution in [0.25, 0.3) is 17.0 Å². The van der Waals surface area contributed by atoms with E-state index in [2.05, 4.69) is 21.2 Å². The molecule has 186 valence electrons. The number of rotatable bonds is 8. The van der Waals surface area contributed by atoms with Crippen LogP contribution in [0.3, 0.4) is 0 Å². The molecule has 1 N–H and O–H groups in total. The fourth-order valence-corrected chi connectivity index (χ4v) is 5.72. The highest BCUT2D eigenvalue weighted by molar-refractivity contribution is 9.10. The Morgan fingerprint density at radius 3 is 2.81 bits per heavy atom. The molecule has 0 bridgehead atoms. The third-order valence-corrected chi connectivity index (χ3v) is 7.77. The molecule has 0 saturated carbocycles. The van der Waals surface area contributed by atoms with Crippen molar-refractivity contribution >= 4 is 61.7 Å². The number of imide groups is 1. The molecule has 0 radical (unpaired) electrons. The van der Waals surface area contributed by atoms with Crippen molar-refractivity contribution in [2.24, 2.45) is 0 Å². The van der Waals surface area contributed by atoms with Gasteiger partial charge in [0, 0.05) is 46.8 Å². The number of carbonyl (C=O) groups excluding carboxylic acids is 3. The Bertz CT molecular complexity index is 1330. The number of halogens is 1. The Labute approximate surface area is 222 Å². The monoisotopic (exact) mass is 567 g/mol. The first kappa shape index (κ1) is 24.8. The highest BCUT2D eigenvalue weighted by Crippen LogP contribution is 2.35. The van der Waals surface area contributed by atoms with Gasteiger partial charge in [-0.1, -0.05) is 46.3 Å². The molecule has 2 aliphatic rings. The molecule has 5 rings (SSSR count). The average molecular weight is 568 g/mol. The van der Waals surface area contributed by atoms with E-state index in [1.165, 1.54) is 4.90 Å². The number of hydrogen-bond donors (Lipinski definition) is 1. The topological polar surface area (TPSA) is 80.6 Å². The van der Waals surface area contributed by atoms with Gasteiger partial charge >= 0.3 is 0 Å². The molecule has 3 amide bonds. The largest absolute Gasteiger partial charge is 0.376 e. The van der Waals surface area contributed by atoms with Gasteiger partial charge in [-0.25, -0.2) is 0 Å². The summed E-state index contributed by atoms with van der Waals surface area (Å²) in [7, 11) is 0. The summed E-state index contributed by atoms with van der Waals surface area (Å²) in [5.74, 6) is -0.385. The second-order valence-corrected chi connectivity index (χ2v) is 10.8. The van der Waals surface area contributed by atoms with Crippen molar-refractivity contribution in [2.75, 3.05) is 19.7 Å².